The van der Waals surface area contributed by atoms with Crippen molar-refractivity contribution in [2.75, 3.05) is 26.3 Å². The van der Waals surface area contributed by atoms with Gasteiger partial charge in [-0.2, -0.15) is 0 Å². The van der Waals surface area contributed by atoms with Crippen LogP contribution in [0.4, 0.5) is 9.18 Å². The van der Waals surface area contributed by atoms with E-state index in [1.165, 1.54) is 17.7 Å². The van der Waals surface area contributed by atoms with E-state index in [4.69, 9.17) is 11.2 Å². The van der Waals surface area contributed by atoms with Crippen LogP contribution in [0.5, 0.6) is 0 Å². The topological polar surface area (TPSA) is 53.6 Å². The van der Waals surface area contributed by atoms with Crippen LogP contribution in [0.1, 0.15) is 42.0 Å². The van der Waals surface area contributed by atoms with E-state index in [1.807, 2.05) is 17.0 Å². The first kappa shape index (κ1) is 21.0. The number of halogens is 1. The van der Waals surface area contributed by atoms with Gasteiger partial charge in [0.1, 0.15) is 12.4 Å². The maximum absolute atomic E-state index is 13.6. The van der Waals surface area contributed by atoms with Crippen LogP contribution < -0.4 is 10.6 Å². The summed E-state index contributed by atoms with van der Waals surface area (Å²) < 4.78 is 18.9. The fourth-order valence-corrected chi connectivity index (χ4v) is 5.72. The third-order valence-corrected chi connectivity index (χ3v) is 7.06. The Hall–Kier alpha value is -2.88. The predicted octanol–water partition coefficient (Wildman–Crippen LogP) is 3.40. The van der Waals surface area contributed by atoms with Gasteiger partial charge < -0.3 is 20.3 Å². The molecular formula is C26H28FN3O2. The first-order valence-electron chi connectivity index (χ1n) is 11.2. The number of nitrogens with one attached hydrogen (secondary N) is 2. The zero-order chi connectivity index (χ0) is 22.2. The maximum atomic E-state index is 13.6. The third kappa shape index (κ3) is 3.76. The molecule has 3 aliphatic carbocycles. The molecule has 0 aromatic heterocycles. The van der Waals surface area contributed by atoms with Crippen LogP contribution in [0.25, 0.3) is 0 Å². The second-order valence-corrected chi connectivity index (χ2v) is 9.30. The molecular weight excluding hydrogens is 405 g/mol. The number of carbonyl (C=O) groups is 1. The molecule has 6 heteroatoms. The van der Waals surface area contributed by atoms with Gasteiger partial charge in [-0.05, 0) is 54.5 Å². The van der Waals surface area contributed by atoms with E-state index in [0.29, 0.717) is 19.8 Å². The molecule has 1 atom stereocenters. The molecule has 6 rings (SSSR count). The maximum Gasteiger partial charge on any atom is 0.318 e. The zero-order valence-corrected chi connectivity index (χ0v) is 18.1. The molecule has 2 amide bonds. The Balaban J connectivity index is 1.25. The Morgan fingerprint density at radius 1 is 1.16 bits per heavy atom. The lowest BCUT2D eigenvalue weighted by atomic mass is 9.44. The number of urea groups is 1. The summed E-state index contributed by atoms with van der Waals surface area (Å²) in [6.07, 6.45) is 8.82. The normalized spacial score (nSPS) is 27.5. The van der Waals surface area contributed by atoms with Gasteiger partial charge in [0.05, 0.1) is 12.6 Å². The van der Waals surface area contributed by atoms with Crippen LogP contribution in [0.15, 0.2) is 48.5 Å². The Morgan fingerprint density at radius 2 is 1.91 bits per heavy atom. The molecule has 2 aromatic rings. The summed E-state index contributed by atoms with van der Waals surface area (Å²) in [5.41, 5.74) is 3.29. The Kier molecular flexibility index (Phi) is 5.40. The largest absolute Gasteiger partial charge is 0.367 e. The highest BCUT2D eigenvalue weighted by molar-refractivity contribution is 5.78. The van der Waals surface area contributed by atoms with E-state index in [1.54, 1.807) is 12.1 Å². The highest BCUT2D eigenvalue weighted by atomic mass is 19.1. The molecule has 4 aliphatic rings. The molecule has 166 valence electrons. The van der Waals surface area contributed by atoms with Crippen LogP contribution in [-0.4, -0.2) is 48.3 Å². The molecule has 0 radical (unpaired) electrons. The average molecular weight is 434 g/mol. The monoisotopic (exact) mass is 433 g/mol. The third-order valence-electron chi connectivity index (χ3n) is 7.06. The summed E-state index contributed by atoms with van der Waals surface area (Å²) in [5, 5.41) is 6.88. The van der Waals surface area contributed by atoms with Crippen LogP contribution in [0.2, 0.25) is 0 Å². The molecule has 0 unspecified atom stereocenters. The highest BCUT2D eigenvalue weighted by Crippen LogP contribution is 2.60. The summed E-state index contributed by atoms with van der Waals surface area (Å²) in [7, 11) is 0. The quantitative estimate of drug-likeness (QED) is 0.520. The zero-order valence-electron chi connectivity index (χ0n) is 18.1. The van der Waals surface area contributed by atoms with Crippen LogP contribution in [0, 0.1) is 18.2 Å². The molecule has 0 saturated heterocycles. The van der Waals surface area contributed by atoms with E-state index in [0.717, 1.165) is 43.4 Å². The lowest BCUT2D eigenvalue weighted by molar-refractivity contribution is -0.1000. The summed E-state index contributed by atoms with van der Waals surface area (Å²) in [4.78, 5) is 15.3. The second kappa shape index (κ2) is 8.23. The first-order valence-corrected chi connectivity index (χ1v) is 11.2. The Labute approximate surface area is 188 Å². The molecule has 0 spiro atoms. The minimum Gasteiger partial charge on any atom is -0.367 e. The van der Waals surface area contributed by atoms with Gasteiger partial charge >= 0.3 is 6.03 Å². The van der Waals surface area contributed by atoms with Crippen molar-refractivity contribution in [3.63, 3.8) is 0 Å². The highest BCUT2D eigenvalue weighted by Gasteiger charge is 2.68. The second-order valence-electron chi connectivity index (χ2n) is 9.30. The van der Waals surface area contributed by atoms with Gasteiger partial charge in [-0.1, -0.05) is 42.3 Å². The molecule has 32 heavy (non-hydrogen) atoms. The Bertz CT molecular complexity index is 1030. The van der Waals surface area contributed by atoms with Crippen LogP contribution in [0.3, 0.4) is 0 Å². The van der Waals surface area contributed by atoms with Crippen molar-refractivity contribution < 1.29 is 13.9 Å². The number of fused-ring (bicyclic) bond motifs is 1. The van der Waals surface area contributed by atoms with E-state index in [9.17, 15) is 9.18 Å². The number of hydrogen-bond acceptors (Lipinski definition) is 3. The number of rotatable bonds is 7. The number of terminal acetylenes is 1. The molecule has 3 fully saturated rings. The number of ether oxygens (including phenoxy) is 1. The van der Waals surface area contributed by atoms with Crippen LogP contribution in [-0.2, 0) is 11.2 Å². The van der Waals surface area contributed by atoms with Crippen LogP contribution >= 0.6 is 0 Å². The molecule has 3 saturated carbocycles. The van der Waals surface area contributed by atoms with Gasteiger partial charge in [0, 0.05) is 24.2 Å². The molecule has 2 N–H and O–H groups in total. The summed E-state index contributed by atoms with van der Waals surface area (Å²) in [5.74, 6) is 2.19. The number of hydrogen-bond donors (Lipinski definition) is 2. The molecule has 2 bridgehead atoms. The van der Waals surface area contributed by atoms with E-state index in [-0.39, 0.29) is 29.0 Å². The van der Waals surface area contributed by atoms with Gasteiger partial charge in [-0.3, -0.25) is 0 Å². The van der Waals surface area contributed by atoms with Gasteiger partial charge in [0.25, 0.3) is 0 Å². The van der Waals surface area contributed by atoms with Crippen molar-refractivity contribution >= 4 is 6.03 Å². The smallest absolute Gasteiger partial charge is 0.318 e. The molecule has 2 aromatic carbocycles. The first-order chi connectivity index (χ1) is 15.5. The van der Waals surface area contributed by atoms with E-state index < -0.39 is 0 Å². The summed E-state index contributed by atoms with van der Waals surface area (Å²) in [6, 6.07) is 14.5. The van der Waals surface area contributed by atoms with E-state index >= 15 is 0 Å². The van der Waals surface area contributed by atoms with Crippen molar-refractivity contribution in [3.05, 3.63) is 71.0 Å². The molecule has 1 heterocycles. The number of carbonyl (C=O) groups excluding carboxylic acids is 1. The van der Waals surface area contributed by atoms with Crippen molar-refractivity contribution in [2.45, 2.75) is 42.8 Å². The summed E-state index contributed by atoms with van der Waals surface area (Å²) in [6.45, 7) is 2.33. The van der Waals surface area contributed by atoms with Gasteiger partial charge in [0.2, 0.25) is 0 Å². The van der Waals surface area contributed by atoms with Gasteiger partial charge in [-0.25, -0.2) is 9.18 Å². The number of nitrogens with zero attached hydrogens (tertiary/aromatic N) is 1. The fraction of sp³-hybridized carbons (Fsp3) is 0.423. The standard InChI is InChI=1S/C26H28FN3O2/c1-2-14-32-15-12-28-25-16-26(17-25,18-25)29-24(31)30-13-11-19-5-3-4-6-22(19)23(30)20-7-9-21(27)10-8-20/h1,3-10,23,28H,11-18H2,(H,29,31)/t23-,25?,26?/m0/s1. The van der Waals surface area contributed by atoms with Crippen molar-refractivity contribution in [3.8, 4) is 12.3 Å². The minimum atomic E-state index is -0.273. The predicted molar refractivity (Wildman–Crippen MR) is 121 cm³/mol. The Morgan fingerprint density at radius 3 is 2.66 bits per heavy atom. The van der Waals surface area contributed by atoms with Crippen molar-refractivity contribution in [2.24, 2.45) is 0 Å². The average Bonchev–Trinajstić information content (AvgIpc) is 2.76. The van der Waals surface area contributed by atoms with Crippen molar-refractivity contribution in [1.82, 2.24) is 15.5 Å². The van der Waals surface area contributed by atoms with Gasteiger partial charge in [0.15, 0.2) is 0 Å². The lowest BCUT2D eigenvalue weighted by Gasteiger charge is -2.71. The van der Waals surface area contributed by atoms with E-state index in [2.05, 4.69) is 28.7 Å². The fourth-order valence-electron chi connectivity index (χ4n) is 5.72. The molecule has 5 nitrogen and oxygen atoms in total. The SMILES string of the molecule is C#CCOCCNC12CC(NC(=O)N3CCc4ccccc4[C@@H]3c3ccc(F)cc3)(C1)C2. The summed E-state index contributed by atoms with van der Waals surface area (Å²) >= 11 is 0. The lowest BCUT2D eigenvalue weighted by Crippen LogP contribution is -2.84. The molecule has 1 aliphatic heterocycles. The van der Waals surface area contributed by atoms with Gasteiger partial charge in [-0.15, -0.1) is 6.42 Å². The number of amides is 2. The number of benzene rings is 2. The van der Waals surface area contributed by atoms with Crippen molar-refractivity contribution in [1.29, 1.82) is 0 Å². The minimum absolute atomic E-state index is 0.0421.